The van der Waals surface area contributed by atoms with Gasteiger partial charge in [-0.2, -0.15) is 0 Å². The van der Waals surface area contributed by atoms with Crippen LogP contribution in [0, 0.1) is 5.92 Å². The number of rotatable bonds is 3. The first-order chi connectivity index (χ1) is 9.04. The largest absolute Gasteiger partial charge is 0.342 e. The van der Waals surface area contributed by atoms with Gasteiger partial charge in [0.25, 0.3) is 0 Å². The van der Waals surface area contributed by atoms with Crippen LogP contribution in [0.5, 0.6) is 0 Å². The van der Waals surface area contributed by atoms with Crippen molar-refractivity contribution in [2.45, 2.75) is 37.0 Å². The zero-order chi connectivity index (χ0) is 13.5. The third-order valence-electron chi connectivity index (χ3n) is 3.88. The summed E-state index contributed by atoms with van der Waals surface area (Å²) in [6, 6.07) is 5.27. The summed E-state index contributed by atoms with van der Waals surface area (Å²) in [4.78, 5) is 8.09. The lowest BCUT2D eigenvalue weighted by atomic mass is 10.0. The molecule has 3 rings (SSSR count). The number of para-hydroxylation sites is 1. The number of imidazole rings is 1. The van der Waals surface area contributed by atoms with Gasteiger partial charge in [-0.3, -0.25) is 0 Å². The quantitative estimate of drug-likeness (QED) is 0.939. The zero-order valence-corrected chi connectivity index (χ0v) is 11.8. The Labute approximate surface area is 113 Å². The van der Waals surface area contributed by atoms with Gasteiger partial charge in [0, 0.05) is 12.7 Å². The molecule has 0 unspecified atom stereocenters. The first-order valence-electron chi connectivity index (χ1n) is 6.72. The monoisotopic (exact) mass is 278 g/mol. The lowest BCUT2D eigenvalue weighted by molar-refractivity contribution is 0.534. The molecule has 0 spiro atoms. The Morgan fingerprint density at radius 1 is 1.32 bits per heavy atom. The molecule has 0 saturated heterocycles. The number of hydrogen-bond donors (Lipinski definition) is 1. The van der Waals surface area contributed by atoms with Crippen LogP contribution in [0.4, 0.5) is 0 Å². The van der Waals surface area contributed by atoms with Gasteiger partial charge >= 0.3 is 0 Å². The number of H-pyrrole nitrogens is 1. The van der Waals surface area contributed by atoms with Crippen molar-refractivity contribution in [3.8, 4) is 0 Å². The van der Waals surface area contributed by atoms with Crippen molar-refractivity contribution in [2.24, 2.45) is 5.92 Å². The van der Waals surface area contributed by atoms with E-state index in [2.05, 4.69) is 9.97 Å². The van der Waals surface area contributed by atoms with E-state index in [0.717, 1.165) is 17.8 Å². The molecule has 2 aromatic rings. The predicted octanol–water partition coefficient (Wildman–Crippen LogP) is 2.70. The van der Waals surface area contributed by atoms with Crippen LogP contribution < -0.4 is 0 Å². The first kappa shape index (κ1) is 12.7. The molecule has 19 heavy (non-hydrogen) atoms. The molecule has 4 nitrogen and oxygen atoms in total. The van der Waals surface area contributed by atoms with Crippen molar-refractivity contribution in [1.82, 2.24) is 9.97 Å². The fourth-order valence-electron chi connectivity index (χ4n) is 2.94. The van der Waals surface area contributed by atoms with Gasteiger partial charge in [-0.15, -0.1) is 0 Å². The summed E-state index contributed by atoms with van der Waals surface area (Å²) in [6.07, 6.45) is 7.29. The molecule has 1 aromatic heterocycles. The number of sulfone groups is 1. The van der Waals surface area contributed by atoms with Crippen LogP contribution in [0.1, 0.15) is 31.5 Å². The molecule has 0 amide bonds. The number of aromatic amines is 1. The molecule has 0 atom stereocenters. The highest BCUT2D eigenvalue weighted by Gasteiger charge is 2.19. The standard InChI is InChI=1S/C14H18N2O2S/c1-19(17,18)12-8-4-7-11-14(12)16-13(15-11)9-10-5-2-3-6-10/h4,7-8,10H,2-3,5-6,9H2,1H3,(H,15,16). The van der Waals surface area contributed by atoms with E-state index in [0.29, 0.717) is 16.3 Å². The molecule has 0 aliphatic heterocycles. The van der Waals surface area contributed by atoms with Gasteiger partial charge in [0.1, 0.15) is 11.3 Å². The van der Waals surface area contributed by atoms with Crippen molar-refractivity contribution >= 4 is 20.9 Å². The Kier molecular flexibility index (Phi) is 3.09. The maximum absolute atomic E-state index is 11.7. The van der Waals surface area contributed by atoms with Gasteiger partial charge in [0.15, 0.2) is 9.84 Å². The Morgan fingerprint density at radius 2 is 2.05 bits per heavy atom. The van der Waals surface area contributed by atoms with E-state index in [1.54, 1.807) is 12.1 Å². The molecule has 1 aliphatic carbocycles. The topological polar surface area (TPSA) is 62.8 Å². The SMILES string of the molecule is CS(=O)(=O)c1cccc2[nH]c(CC3CCCC3)nc12. The molecule has 1 aromatic carbocycles. The van der Waals surface area contributed by atoms with E-state index in [9.17, 15) is 8.42 Å². The first-order valence-corrected chi connectivity index (χ1v) is 8.61. The number of benzene rings is 1. The van der Waals surface area contributed by atoms with Crippen molar-refractivity contribution < 1.29 is 8.42 Å². The van der Waals surface area contributed by atoms with Crippen LogP contribution in [0.15, 0.2) is 23.1 Å². The van der Waals surface area contributed by atoms with E-state index in [4.69, 9.17) is 0 Å². The third kappa shape index (κ3) is 2.52. The van der Waals surface area contributed by atoms with Crippen LogP contribution in [0.3, 0.4) is 0 Å². The van der Waals surface area contributed by atoms with Gasteiger partial charge in [-0.05, 0) is 18.1 Å². The number of fused-ring (bicyclic) bond motifs is 1. The summed E-state index contributed by atoms with van der Waals surface area (Å²) < 4.78 is 23.5. The zero-order valence-electron chi connectivity index (χ0n) is 11.0. The molecule has 0 bridgehead atoms. The van der Waals surface area contributed by atoms with Crippen LogP contribution >= 0.6 is 0 Å². The number of aromatic nitrogens is 2. The lowest BCUT2D eigenvalue weighted by Gasteiger charge is -2.04. The summed E-state index contributed by atoms with van der Waals surface area (Å²) in [5.74, 6) is 1.61. The van der Waals surface area contributed by atoms with Crippen molar-refractivity contribution in [3.05, 3.63) is 24.0 Å². The van der Waals surface area contributed by atoms with Gasteiger partial charge < -0.3 is 4.98 Å². The fraction of sp³-hybridized carbons (Fsp3) is 0.500. The second kappa shape index (κ2) is 4.63. The minimum Gasteiger partial charge on any atom is -0.342 e. The summed E-state index contributed by atoms with van der Waals surface area (Å²) in [5, 5.41) is 0. The number of hydrogen-bond acceptors (Lipinski definition) is 3. The minimum atomic E-state index is -3.23. The van der Waals surface area contributed by atoms with Crippen molar-refractivity contribution in [1.29, 1.82) is 0 Å². The lowest BCUT2D eigenvalue weighted by Crippen LogP contribution is -2.00. The molecular weight excluding hydrogens is 260 g/mol. The van der Waals surface area contributed by atoms with Gasteiger partial charge in [0.2, 0.25) is 0 Å². The normalized spacial score (nSPS) is 17.3. The maximum atomic E-state index is 11.7. The minimum absolute atomic E-state index is 0.318. The number of nitrogens with zero attached hydrogens (tertiary/aromatic N) is 1. The Hall–Kier alpha value is -1.36. The highest BCUT2D eigenvalue weighted by molar-refractivity contribution is 7.91. The van der Waals surface area contributed by atoms with Gasteiger partial charge in [-0.25, -0.2) is 13.4 Å². The van der Waals surface area contributed by atoms with E-state index >= 15 is 0 Å². The third-order valence-corrected chi connectivity index (χ3v) is 5.01. The van der Waals surface area contributed by atoms with E-state index < -0.39 is 9.84 Å². The molecule has 1 N–H and O–H groups in total. The Bertz CT molecular complexity index is 697. The average molecular weight is 278 g/mol. The second-order valence-electron chi connectivity index (χ2n) is 5.46. The summed E-state index contributed by atoms with van der Waals surface area (Å²) in [7, 11) is -3.23. The van der Waals surface area contributed by atoms with Crippen LogP contribution in [0.25, 0.3) is 11.0 Å². The van der Waals surface area contributed by atoms with Crippen molar-refractivity contribution in [2.75, 3.05) is 6.26 Å². The van der Waals surface area contributed by atoms with Crippen LogP contribution in [-0.2, 0) is 16.3 Å². The molecule has 102 valence electrons. The fourth-order valence-corrected chi connectivity index (χ4v) is 3.77. The molecule has 1 saturated carbocycles. The summed E-state index contributed by atoms with van der Waals surface area (Å²) in [6.45, 7) is 0. The molecule has 1 heterocycles. The summed E-state index contributed by atoms with van der Waals surface area (Å²) >= 11 is 0. The van der Waals surface area contributed by atoms with E-state index in [-0.39, 0.29) is 0 Å². The highest BCUT2D eigenvalue weighted by Crippen LogP contribution is 2.28. The highest BCUT2D eigenvalue weighted by atomic mass is 32.2. The average Bonchev–Trinajstić information content (AvgIpc) is 2.95. The van der Waals surface area contributed by atoms with Crippen LogP contribution in [0.2, 0.25) is 0 Å². The predicted molar refractivity (Wildman–Crippen MR) is 74.9 cm³/mol. The summed E-state index contributed by atoms with van der Waals surface area (Å²) in [5.41, 5.74) is 1.40. The van der Waals surface area contributed by atoms with E-state index in [1.807, 2.05) is 6.07 Å². The molecule has 5 heteroatoms. The molecular formula is C14H18N2O2S. The molecule has 0 radical (unpaired) electrons. The maximum Gasteiger partial charge on any atom is 0.177 e. The smallest absolute Gasteiger partial charge is 0.177 e. The van der Waals surface area contributed by atoms with Gasteiger partial charge in [0.05, 0.1) is 10.4 Å². The van der Waals surface area contributed by atoms with Gasteiger partial charge in [-0.1, -0.05) is 31.7 Å². The molecule has 1 aliphatic rings. The van der Waals surface area contributed by atoms with E-state index in [1.165, 1.54) is 31.9 Å². The second-order valence-corrected chi connectivity index (χ2v) is 7.45. The van der Waals surface area contributed by atoms with Crippen LogP contribution in [-0.4, -0.2) is 24.6 Å². The Morgan fingerprint density at radius 3 is 2.74 bits per heavy atom. The Balaban J connectivity index is 2.00. The van der Waals surface area contributed by atoms with Crippen molar-refractivity contribution in [3.63, 3.8) is 0 Å². The number of nitrogens with one attached hydrogen (secondary N) is 1. The molecule has 1 fully saturated rings.